The summed E-state index contributed by atoms with van der Waals surface area (Å²) in [6, 6.07) is 10.8. The molecular weight excluding hydrogens is 246 g/mol. The highest BCUT2D eigenvalue weighted by atomic mass is 14.9. The van der Waals surface area contributed by atoms with Crippen LogP contribution in [0.3, 0.4) is 0 Å². The first-order valence-electron chi connectivity index (χ1n) is 7.38. The summed E-state index contributed by atoms with van der Waals surface area (Å²) in [7, 11) is 0. The Morgan fingerprint density at radius 3 is 2.65 bits per heavy atom. The second kappa shape index (κ2) is 5.71. The van der Waals surface area contributed by atoms with Gasteiger partial charge >= 0.3 is 0 Å². The minimum absolute atomic E-state index is 0.367. The summed E-state index contributed by atoms with van der Waals surface area (Å²) in [5, 5.41) is 0. The van der Waals surface area contributed by atoms with Crippen molar-refractivity contribution in [3.8, 4) is 11.3 Å². The first-order valence-corrected chi connectivity index (χ1v) is 7.38. The van der Waals surface area contributed by atoms with Crippen LogP contribution in [0.25, 0.3) is 11.3 Å². The standard InChI is InChI=1S/C17H21N3/c1-12-3-2-4-14(11-12)16-9-10-19-17(20-16)13-5-7-15(18)8-6-13/h2-4,9-11,13,15H,5-8,18H2,1H3. The van der Waals surface area contributed by atoms with E-state index in [2.05, 4.69) is 36.2 Å². The maximum absolute atomic E-state index is 5.97. The molecule has 0 atom stereocenters. The second-order valence-corrected chi connectivity index (χ2v) is 5.78. The van der Waals surface area contributed by atoms with Crippen LogP contribution >= 0.6 is 0 Å². The third-order valence-corrected chi connectivity index (χ3v) is 4.13. The molecule has 1 saturated carbocycles. The number of benzene rings is 1. The van der Waals surface area contributed by atoms with Crippen molar-refractivity contribution in [3.05, 3.63) is 47.9 Å². The van der Waals surface area contributed by atoms with Gasteiger partial charge in [-0.1, -0.05) is 23.8 Å². The van der Waals surface area contributed by atoms with Crippen LogP contribution in [0.5, 0.6) is 0 Å². The van der Waals surface area contributed by atoms with Crippen LogP contribution in [0.15, 0.2) is 36.5 Å². The highest BCUT2D eigenvalue weighted by molar-refractivity contribution is 5.59. The Hall–Kier alpha value is -1.74. The molecule has 0 amide bonds. The van der Waals surface area contributed by atoms with Gasteiger partial charge in [0.2, 0.25) is 0 Å². The molecule has 1 aromatic heterocycles. The average molecular weight is 267 g/mol. The summed E-state index contributed by atoms with van der Waals surface area (Å²) in [4.78, 5) is 9.26. The van der Waals surface area contributed by atoms with Crippen molar-refractivity contribution in [2.75, 3.05) is 0 Å². The van der Waals surface area contributed by atoms with E-state index in [1.165, 1.54) is 11.1 Å². The van der Waals surface area contributed by atoms with Crippen LogP contribution in [0, 0.1) is 6.92 Å². The van der Waals surface area contributed by atoms with Gasteiger partial charge in [-0.25, -0.2) is 9.97 Å². The van der Waals surface area contributed by atoms with Gasteiger partial charge in [-0.2, -0.15) is 0 Å². The number of nitrogens with two attached hydrogens (primary N) is 1. The molecule has 1 fully saturated rings. The minimum Gasteiger partial charge on any atom is -0.328 e. The van der Waals surface area contributed by atoms with Crippen LogP contribution in [0.1, 0.15) is 43.0 Å². The van der Waals surface area contributed by atoms with Crippen LogP contribution < -0.4 is 5.73 Å². The van der Waals surface area contributed by atoms with Crippen molar-refractivity contribution >= 4 is 0 Å². The van der Waals surface area contributed by atoms with E-state index >= 15 is 0 Å². The zero-order valence-corrected chi connectivity index (χ0v) is 11.9. The Labute approximate surface area is 120 Å². The van der Waals surface area contributed by atoms with Crippen molar-refractivity contribution < 1.29 is 0 Å². The van der Waals surface area contributed by atoms with Gasteiger partial charge in [0.1, 0.15) is 5.82 Å². The van der Waals surface area contributed by atoms with Gasteiger partial charge in [-0.3, -0.25) is 0 Å². The molecule has 1 heterocycles. The third-order valence-electron chi connectivity index (χ3n) is 4.13. The van der Waals surface area contributed by atoms with Gasteiger partial charge in [0.05, 0.1) is 5.69 Å². The predicted octanol–water partition coefficient (Wildman–Crippen LogP) is 3.44. The highest BCUT2D eigenvalue weighted by Gasteiger charge is 2.22. The SMILES string of the molecule is Cc1cccc(-c2ccnc(C3CCC(N)CC3)n2)c1. The zero-order chi connectivity index (χ0) is 13.9. The Bertz CT molecular complexity index is 586. The van der Waals surface area contributed by atoms with E-state index in [-0.39, 0.29) is 0 Å². The normalized spacial score (nSPS) is 22.7. The number of hydrogen-bond acceptors (Lipinski definition) is 3. The van der Waals surface area contributed by atoms with Gasteiger partial charge in [0, 0.05) is 23.7 Å². The number of hydrogen-bond donors (Lipinski definition) is 1. The van der Waals surface area contributed by atoms with Gasteiger partial charge < -0.3 is 5.73 Å². The molecule has 0 saturated heterocycles. The van der Waals surface area contributed by atoms with Crippen molar-refractivity contribution in [2.45, 2.75) is 44.6 Å². The fraction of sp³-hybridized carbons (Fsp3) is 0.412. The first-order chi connectivity index (χ1) is 9.72. The van der Waals surface area contributed by atoms with E-state index < -0.39 is 0 Å². The molecule has 20 heavy (non-hydrogen) atoms. The van der Waals surface area contributed by atoms with Crippen molar-refractivity contribution in [2.24, 2.45) is 5.73 Å². The predicted molar refractivity (Wildman–Crippen MR) is 81.4 cm³/mol. The lowest BCUT2D eigenvalue weighted by Gasteiger charge is -2.25. The number of aromatic nitrogens is 2. The van der Waals surface area contributed by atoms with Crippen molar-refractivity contribution in [1.82, 2.24) is 9.97 Å². The van der Waals surface area contributed by atoms with Crippen LogP contribution in [0.4, 0.5) is 0 Å². The fourth-order valence-electron chi connectivity index (χ4n) is 2.91. The maximum Gasteiger partial charge on any atom is 0.132 e. The molecule has 0 aliphatic heterocycles. The van der Waals surface area contributed by atoms with Gasteiger partial charge in [0.25, 0.3) is 0 Å². The summed E-state index contributed by atoms with van der Waals surface area (Å²) in [6.07, 6.45) is 6.27. The Morgan fingerprint density at radius 2 is 1.90 bits per heavy atom. The second-order valence-electron chi connectivity index (χ2n) is 5.78. The molecule has 0 spiro atoms. The molecule has 3 nitrogen and oxygen atoms in total. The largest absolute Gasteiger partial charge is 0.328 e. The molecule has 0 radical (unpaired) electrons. The maximum atomic E-state index is 5.97. The average Bonchev–Trinajstić information content (AvgIpc) is 2.48. The molecule has 104 valence electrons. The number of rotatable bonds is 2. The van der Waals surface area contributed by atoms with E-state index in [0.717, 1.165) is 37.2 Å². The molecule has 0 unspecified atom stereocenters. The summed E-state index contributed by atoms with van der Waals surface area (Å²) >= 11 is 0. The highest BCUT2D eigenvalue weighted by Crippen LogP contribution is 2.31. The Balaban J connectivity index is 1.86. The van der Waals surface area contributed by atoms with Gasteiger partial charge in [-0.05, 0) is 44.7 Å². The molecule has 0 bridgehead atoms. The molecule has 3 heteroatoms. The van der Waals surface area contributed by atoms with E-state index in [1.807, 2.05) is 12.3 Å². The lowest BCUT2D eigenvalue weighted by Crippen LogP contribution is -2.26. The van der Waals surface area contributed by atoms with Gasteiger partial charge in [0.15, 0.2) is 0 Å². The summed E-state index contributed by atoms with van der Waals surface area (Å²) in [5.74, 6) is 1.45. The number of aryl methyl sites for hydroxylation is 1. The van der Waals surface area contributed by atoms with Crippen molar-refractivity contribution in [3.63, 3.8) is 0 Å². The summed E-state index contributed by atoms with van der Waals surface area (Å²) in [5.41, 5.74) is 9.42. The molecule has 2 N–H and O–H groups in total. The molecule has 1 aliphatic rings. The quantitative estimate of drug-likeness (QED) is 0.906. The van der Waals surface area contributed by atoms with Crippen LogP contribution in [0.2, 0.25) is 0 Å². The van der Waals surface area contributed by atoms with Crippen molar-refractivity contribution in [1.29, 1.82) is 0 Å². The fourth-order valence-corrected chi connectivity index (χ4v) is 2.91. The minimum atomic E-state index is 0.367. The topological polar surface area (TPSA) is 51.8 Å². The van der Waals surface area contributed by atoms with Crippen LogP contribution in [-0.4, -0.2) is 16.0 Å². The third kappa shape index (κ3) is 2.88. The van der Waals surface area contributed by atoms with Crippen LogP contribution in [-0.2, 0) is 0 Å². The molecule has 1 aromatic carbocycles. The molecule has 3 rings (SSSR count). The Morgan fingerprint density at radius 1 is 1.10 bits per heavy atom. The van der Waals surface area contributed by atoms with E-state index in [4.69, 9.17) is 10.7 Å². The summed E-state index contributed by atoms with van der Waals surface area (Å²) < 4.78 is 0. The Kier molecular flexibility index (Phi) is 3.79. The zero-order valence-electron chi connectivity index (χ0n) is 11.9. The monoisotopic (exact) mass is 267 g/mol. The lowest BCUT2D eigenvalue weighted by atomic mass is 9.86. The van der Waals surface area contributed by atoms with Gasteiger partial charge in [-0.15, -0.1) is 0 Å². The van der Waals surface area contributed by atoms with E-state index in [9.17, 15) is 0 Å². The lowest BCUT2D eigenvalue weighted by molar-refractivity contribution is 0.385. The van der Waals surface area contributed by atoms with E-state index in [1.54, 1.807) is 0 Å². The molecule has 2 aromatic rings. The summed E-state index contributed by atoms with van der Waals surface area (Å²) in [6.45, 7) is 2.11. The molecular formula is C17H21N3. The van der Waals surface area contributed by atoms with E-state index in [0.29, 0.717) is 12.0 Å². The number of nitrogens with zero attached hydrogens (tertiary/aromatic N) is 2. The molecule has 1 aliphatic carbocycles. The smallest absolute Gasteiger partial charge is 0.132 e. The first kappa shape index (κ1) is 13.3.